The van der Waals surface area contributed by atoms with E-state index in [0.717, 1.165) is 22.6 Å². The number of ether oxygens (including phenoxy) is 1. The van der Waals surface area contributed by atoms with E-state index in [1.807, 2.05) is 47.4 Å². The summed E-state index contributed by atoms with van der Waals surface area (Å²) in [6, 6.07) is 13.7. The Kier molecular flexibility index (Phi) is 9.39. The van der Waals surface area contributed by atoms with Gasteiger partial charge in [-0.15, -0.1) is 11.3 Å². The second-order valence-electron chi connectivity index (χ2n) is 7.93. The van der Waals surface area contributed by atoms with E-state index < -0.39 is 34.4 Å². The van der Waals surface area contributed by atoms with Gasteiger partial charge in [-0.3, -0.25) is 9.27 Å². The van der Waals surface area contributed by atoms with Crippen LogP contribution < -0.4 is 15.4 Å². The van der Waals surface area contributed by atoms with Crippen LogP contribution in [0, 0.1) is 0 Å². The average molecular weight is 533 g/mol. The minimum Gasteiger partial charge on any atom is -0.467 e. The summed E-state index contributed by atoms with van der Waals surface area (Å²) in [6.07, 6.45) is 1.37. The van der Waals surface area contributed by atoms with E-state index in [1.165, 1.54) is 30.6 Å². The average Bonchev–Trinajstić information content (AvgIpc) is 3.33. The van der Waals surface area contributed by atoms with Crippen molar-refractivity contribution in [1.29, 1.82) is 0 Å². The molecule has 0 radical (unpaired) electrons. The van der Waals surface area contributed by atoms with Gasteiger partial charge in [0.2, 0.25) is 0 Å². The van der Waals surface area contributed by atoms with Gasteiger partial charge < -0.3 is 15.4 Å². The quantitative estimate of drug-likeness (QED) is 0.219. The number of nitrogens with zero attached hydrogens (tertiary/aromatic N) is 1. The molecular formula is C24H28N4O6S2. The van der Waals surface area contributed by atoms with Crippen LogP contribution in [0.4, 0.5) is 10.5 Å². The third-order valence-electron chi connectivity index (χ3n) is 5.25. The van der Waals surface area contributed by atoms with Crippen molar-refractivity contribution < 1.29 is 27.3 Å². The summed E-state index contributed by atoms with van der Waals surface area (Å²) in [5.74, 6) is -0.561. The maximum atomic E-state index is 13.0. The van der Waals surface area contributed by atoms with Crippen molar-refractivity contribution in [3.05, 3.63) is 81.8 Å². The maximum absolute atomic E-state index is 13.0. The predicted molar refractivity (Wildman–Crippen MR) is 137 cm³/mol. The highest BCUT2D eigenvalue weighted by molar-refractivity contribution is 7.87. The standard InChI is InChI=1S/C24H28N4O6S2/c1-3-22-25-21(15-35-22)19(13-17-9-11-18(12-10-17)28-36(31,32)33)26-24(30)27-20(23(29)34-2)14-16-7-5-4-6-8-16/h4-12,15,19-20,28H,3,13-14H2,1-2H3,(H2,26,27,30)(H,31,32,33)/t19-,20?/m0/s1. The van der Waals surface area contributed by atoms with E-state index in [1.54, 1.807) is 12.1 Å². The van der Waals surface area contributed by atoms with Gasteiger partial charge in [-0.05, 0) is 36.1 Å². The van der Waals surface area contributed by atoms with E-state index in [4.69, 9.17) is 9.29 Å². The van der Waals surface area contributed by atoms with Crippen LogP contribution in [0.25, 0.3) is 0 Å². The zero-order valence-electron chi connectivity index (χ0n) is 19.8. The second kappa shape index (κ2) is 12.5. The molecule has 0 fully saturated rings. The molecule has 2 amide bonds. The fraction of sp³-hybridized carbons (Fsp3) is 0.292. The molecule has 0 saturated carbocycles. The van der Waals surface area contributed by atoms with Crippen LogP contribution in [0.3, 0.4) is 0 Å². The number of methoxy groups -OCH3 is 1. The number of benzene rings is 2. The van der Waals surface area contributed by atoms with Gasteiger partial charge in [-0.2, -0.15) is 8.42 Å². The van der Waals surface area contributed by atoms with E-state index in [-0.39, 0.29) is 12.1 Å². The largest absolute Gasteiger partial charge is 0.467 e. The van der Waals surface area contributed by atoms with Crippen LogP contribution in [0.5, 0.6) is 0 Å². The Balaban J connectivity index is 1.75. The van der Waals surface area contributed by atoms with Gasteiger partial charge in [-0.1, -0.05) is 49.4 Å². The van der Waals surface area contributed by atoms with Gasteiger partial charge >= 0.3 is 22.3 Å². The summed E-state index contributed by atoms with van der Waals surface area (Å²) in [5, 5.41) is 8.40. The molecule has 0 spiro atoms. The van der Waals surface area contributed by atoms with Crippen LogP contribution in [0.2, 0.25) is 0 Å². The molecule has 4 N–H and O–H groups in total. The minimum atomic E-state index is -4.38. The van der Waals surface area contributed by atoms with E-state index in [2.05, 4.69) is 15.6 Å². The number of hydrogen-bond donors (Lipinski definition) is 4. The Morgan fingerprint density at radius 1 is 1.03 bits per heavy atom. The van der Waals surface area contributed by atoms with Gasteiger partial charge in [0.05, 0.1) is 29.5 Å². The van der Waals surface area contributed by atoms with Gasteiger partial charge in [-0.25, -0.2) is 14.6 Å². The Morgan fingerprint density at radius 3 is 2.28 bits per heavy atom. The Labute approximate surface area is 214 Å². The monoisotopic (exact) mass is 532 g/mol. The molecule has 12 heteroatoms. The molecule has 2 atom stereocenters. The molecule has 192 valence electrons. The number of thiazole rings is 1. The normalized spacial score (nSPS) is 12.9. The number of anilines is 1. The zero-order valence-corrected chi connectivity index (χ0v) is 21.4. The van der Waals surface area contributed by atoms with E-state index >= 15 is 0 Å². The van der Waals surface area contributed by atoms with E-state index in [0.29, 0.717) is 12.1 Å². The lowest BCUT2D eigenvalue weighted by Crippen LogP contribution is -2.48. The lowest BCUT2D eigenvalue weighted by molar-refractivity contribution is -0.142. The van der Waals surface area contributed by atoms with Crippen molar-refractivity contribution in [3.63, 3.8) is 0 Å². The van der Waals surface area contributed by atoms with Crippen molar-refractivity contribution in [2.75, 3.05) is 11.8 Å². The Morgan fingerprint density at radius 2 is 1.69 bits per heavy atom. The number of urea groups is 1. The predicted octanol–water partition coefficient (Wildman–Crippen LogP) is 3.29. The number of carbonyl (C=O) groups excluding carboxylic acids is 2. The highest BCUT2D eigenvalue weighted by atomic mass is 32.2. The molecule has 3 rings (SSSR count). The molecule has 1 unspecified atom stereocenters. The first-order valence-electron chi connectivity index (χ1n) is 11.1. The Hall–Kier alpha value is -3.48. The SMILES string of the molecule is CCc1nc([C@H](Cc2ccc(NS(=O)(=O)O)cc2)NC(=O)NC(Cc2ccccc2)C(=O)OC)cs1. The topological polar surface area (TPSA) is 147 Å². The van der Waals surface area contributed by atoms with Crippen molar-refractivity contribution in [2.45, 2.75) is 38.3 Å². The molecule has 1 aromatic heterocycles. The highest BCUT2D eigenvalue weighted by Gasteiger charge is 2.25. The molecule has 10 nitrogen and oxygen atoms in total. The van der Waals surface area contributed by atoms with Crippen molar-refractivity contribution in [3.8, 4) is 0 Å². The van der Waals surface area contributed by atoms with Crippen molar-refractivity contribution >= 4 is 39.3 Å². The number of carbonyl (C=O) groups is 2. The van der Waals surface area contributed by atoms with Crippen LogP contribution in [-0.2, 0) is 39.1 Å². The minimum absolute atomic E-state index is 0.201. The molecule has 0 aliphatic rings. The van der Waals surface area contributed by atoms with E-state index in [9.17, 15) is 18.0 Å². The number of rotatable bonds is 11. The summed E-state index contributed by atoms with van der Waals surface area (Å²) in [4.78, 5) is 29.9. The van der Waals surface area contributed by atoms with Gasteiger partial charge in [0.15, 0.2) is 0 Å². The lowest BCUT2D eigenvalue weighted by Gasteiger charge is -2.21. The molecule has 2 aromatic carbocycles. The fourth-order valence-electron chi connectivity index (χ4n) is 3.51. The Bertz CT molecular complexity index is 1260. The summed E-state index contributed by atoms with van der Waals surface area (Å²) in [5.41, 5.74) is 2.54. The fourth-order valence-corrected chi connectivity index (χ4v) is 4.75. The van der Waals surface area contributed by atoms with Crippen LogP contribution in [-0.4, -0.2) is 43.1 Å². The van der Waals surface area contributed by atoms with Crippen molar-refractivity contribution in [1.82, 2.24) is 15.6 Å². The third-order valence-corrected chi connectivity index (χ3v) is 6.75. The number of aryl methyl sites for hydroxylation is 1. The molecule has 0 aliphatic heterocycles. The van der Waals surface area contributed by atoms with Crippen LogP contribution in [0.15, 0.2) is 60.0 Å². The first-order valence-corrected chi connectivity index (χ1v) is 13.5. The number of hydrogen-bond acceptors (Lipinski definition) is 7. The number of aromatic nitrogens is 1. The molecule has 36 heavy (non-hydrogen) atoms. The second-order valence-corrected chi connectivity index (χ2v) is 10.0. The summed E-state index contributed by atoms with van der Waals surface area (Å²) >= 11 is 1.49. The van der Waals surface area contributed by atoms with Crippen molar-refractivity contribution in [2.24, 2.45) is 0 Å². The summed E-state index contributed by atoms with van der Waals surface area (Å²) in [7, 11) is -3.11. The first-order chi connectivity index (χ1) is 17.2. The molecule has 3 aromatic rings. The zero-order chi connectivity index (χ0) is 26.1. The number of amides is 2. The first kappa shape index (κ1) is 27.1. The van der Waals surface area contributed by atoms with Gasteiger partial charge in [0, 0.05) is 11.8 Å². The van der Waals surface area contributed by atoms with Gasteiger partial charge in [0.1, 0.15) is 6.04 Å². The number of nitrogens with one attached hydrogen (secondary N) is 3. The van der Waals surface area contributed by atoms with Crippen LogP contribution in [0.1, 0.15) is 34.8 Å². The lowest BCUT2D eigenvalue weighted by atomic mass is 10.0. The number of esters is 1. The molecule has 0 saturated heterocycles. The smallest absolute Gasteiger partial charge is 0.357 e. The van der Waals surface area contributed by atoms with Crippen LogP contribution >= 0.6 is 11.3 Å². The summed E-state index contributed by atoms with van der Waals surface area (Å²) < 4.78 is 37.9. The summed E-state index contributed by atoms with van der Waals surface area (Å²) in [6.45, 7) is 1.99. The molecule has 1 heterocycles. The molecule has 0 aliphatic carbocycles. The molecule has 0 bridgehead atoms. The maximum Gasteiger partial charge on any atom is 0.357 e. The highest BCUT2D eigenvalue weighted by Crippen LogP contribution is 2.22. The van der Waals surface area contributed by atoms with Gasteiger partial charge in [0.25, 0.3) is 0 Å². The third kappa shape index (κ3) is 8.33. The molecular weight excluding hydrogens is 504 g/mol.